The van der Waals surface area contributed by atoms with Crippen molar-refractivity contribution in [2.75, 3.05) is 0 Å². The number of nitrogens with zero attached hydrogens (tertiary/aromatic N) is 3. The summed E-state index contributed by atoms with van der Waals surface area (Å²) < 4.78 is 9.10. The Hall–Kier alpha value is -2.06. The van der Waals surface area contributed by atoms with E-state index in [2.05, 4.69) is 19.9 Å². The van der Waals surface area contributed by atoms with Gasteiger partial charge < -0.3 is 9.73 Å². The molecule has 0 atom stereocenters. The van der Waals surface area contributed by atoms with E-state index in [1.807, 2.05) is 19.1 Å². The molecule has 0 fully saturated rings. The Labute approximate surface area is 129 Å². The third-order valence-corrected chi connectivity index (χ3v) is 4.89. The molecule has 0 spiro atoms. The molecule has 3 aromatic rings. The van der Waals surface area contributed by atoms with Gasteiger partial charge in [-0.05, 0) is 37.5 Å². The number of rotatable bonds is 4. The van der Waals surface area contributed by atoms with Gasteiger partial charge in [0.1, 0.15) is 4.88 Å². The second kappa shape index (κ2) is 5.74. The molecule has 0 aliphatic carbocycles. The fourth-order valence-electron chi connectivity index (χ4n) is 1.78. The van der Waals surface area contributed by atoms with Gasteiger partial charge in [-0.2, -0.15) is 0 Å². The van der Waals surface area contributed by atoms with E-state index >= 15 is 0 Å². The largest absolute Gasteiger partial charge is 0.462 e. The zero-order valence-corrected chi connectivity index (χ0v) is 13.0. The SMILES string of the molecule is Cc1nc(-c2ccco2)sc1CNC(=O)c1snnc1C. The van der Waals surface area contributed by atoms with E-state index in [-0.39, 0.29) is 5.91 Å². The van der Waals surface area contributed by atoms with Gasteiger partial charge in [-0.15, -0.1) is 16.4 Å². The van der Waals surface area contributed by atoms with E-state index < -0.39 is 0 Å². The second-order valence-electron chi connectivity index (χ2n) is 4.38. The number of nitrogens with one attached hydrogen (secondary N) is 1. The Morgan fingerprint density at radius 2 is 2.24 bits per heavy atom. The summed E-state index contributed by atoms with van der Waals surface area (Å²) in [5.41, 5.74) is 1.54. The summed E-state index contributed by atoms with van der Waals surface area (Å²) in [6.45, 7) is 4.12. The van der Waals surface area contributed by atoms with E-state index in [1.54, 1.807) is 13.2 Å². The highest BCUT2D eigenvalue weighted by Crippen LogP contribution is 2.28. The number of hydrogen-bond acceptors (Lipinski definition) is 7. The van der Waals surface area contributed by atoms with Gasteiger partial charge in [0, 0.05) is 4.88 Å². The van der Waals surface area contributed by atoms with Gasteiger partial charge in [0.25, 0.3) is 5.91 Å². The number of hydrogen-bond donors (Lipinski definition) is 1. The highest BCUT2D eigenvalue weighted by Gasteiger charge is 2.15. The fourth-order valence-corrected chi connectivity index (χ4v) is 3.32. The summed E-state index contributed by atoms with van der Waals surface area (Å²) in [5.74, 6) is 0.582. The Balaban J connectivity index is 1.71. The molecular formula is C13H12N4O2S2. The molecule has 0 saturated carbocycles. The van der Waals surface area contributed by atoms with Crippen molar-refractivity contribution >= 4 is 28.8 Å². The monoisotopic (exact) mass is 320 g/mol. The molecule has 6 nitrogen and oxygen atoms in total. The molecule has 0 aromatic carbocycles. The molecule has 0 saturated heterocycles. The molecule has 1 N–H and O–H groups in total. The van der Waals surface area contributed by atoms with E-state index in [0.717, 1.165) is 32.9 Å². The molecular weight excluding hydrogens is 308 g/mol. The van der Waals surface area contributed by atoms with Crippen LogP contribution in [0.1, 0.15) is 25.9 Å². The molecule has 0 aliphatic rings. The molecule has 0 radical (unpaired) electrons. The van der Waals surface area contributed by atoms with Crippen molar-refractivity contribution in [2.45, 2.75) is 20.4 Å². The molecule has 8 heteroatoms. The Bertz CT molecular complexity index is 761. The minimum absolute atomic E-state index is 0.158. The summed E-state index contributed by atoms with van der Waals surface area (Å²) >= 11 is 2.61. The molecule has 21 heavy (non-hydrogen) atoms. The summed E-state index contributed by atoms with van der Waals surface area (Å²) in [7, 11) is 0. The van der Waals surface area contributed by atoms with E-state index in [0.29, 0.717) is 17.1 Å². The van der Waals surface area contributed by atoms with Crippen LogP contribution in [0.25, 0.3) is 10.8 Å². The zero-order valence-electron chi connectivity index (χ0n) is 11.4. The average Bonchev–Trinajstić information content (AvgIpc) is 3.16. The quantitative estimate of drug-likeness (QED) is 0.799. The van der Waals surface area contributed by atoms with Crippen LogP contribution in [0.5, 0.6) is 0 Å². The van der Waals surface area contributed by atoms with Crippen molar-refractivity contribution in [2.24, 2.45) is 0 Å². The first-order chi connectivity index (χ1) is 10.1. The van der Waals surface area contributed by atoms with Gasteiger partial charge in [0.15, 0.2) is 10.8 Å². The Morgan fingerprint density at radius 1 is 1.38 bits per heavy atom. The van der Waals surface area contributed by atoms with Gasteiger partial charge in [0.2, 0.25) is 0 Å². The van der Waals surface area contributed by atoms with Gasteiger partial charge in [-0.25, -0.2) is 4.98 Å². The Morgan fingerprint density at radius 3 is 2.90 bits per heavy atom. The predicted molar refractivity (Wildman–Crippen MR) is 80.4 cm³/mol. The lowest BCUT2D eigenvalue weighted by molar-refractivity contribution is 0.0954. The number of amides is 1. The maximum Gasteiger partial charge on any atom is 0.265 e. The minimum Gasteiger partial charge on any atom is -0.462 e. The lowest BCUT2D eigenvalue weighted by atomic mass is 10.3. The van der Waals surface area contributed by atoms with Crippen LogP contribution in [0.2, 0.25) is 0 Å². The van der Waals surface area contributed by atoms with E-state index in [1.165, 1.54) is 11.3 Å². The smallest absolute Gasteiger partial charge is 0.265 e. The highest BCUT2D eigenvalue weighted by atomic mass is 32.1. The molecule has 3 rings (SSSR count). The molecule has 3 aromatic heterocycles. The number of carbonyl (C=O) groups is 1. The molecule has 0 bridgehead atoms. The summed E-state index contributed by atoms with van der Waals surface area (Å²) in [6.07, 6.45) is 1.62. The topological polar surface area (TPSA) is 80.9 Å². The predicted octanol–water partition coefficient (Wildman–Crippen LogP) is 2.80. The third kappa shape index (κ3) is 2.86. The van der Waals surface area contributed by atoms with Crippen molar-refractivity contribution in [3.63, 3.8) is 0 Å². The summed E-state index contributed by atoms with van der Waals surface area (Å²) in [6, 6.07) is 3.69. The minimum atomic E-state index is -0.158. The van der Waals surface area contributed by atoms with Crippen LogP contribution in [-0.4, -0.2) is 20.5 Å². The number of carbonyl (C=O) groups excluding carboxylic acids is 1. The van der Waals surface area contributed by atoms with Crippen LogP contribution in [0.4, 0.5) is 0 Å². The molecule has 1 amide bonds. The van der Waals surface area contributed by atoms with Crippen LogP contribution in [0.15, 0.2) is 22.8 Å². The fraction of sp³-hybridized carbons (Fsp3) is 0.231. The zero-order chi connectivity index (χ0) is 14.8. The first-order valence-corrected chi connectivity index (χ1v) is 7.81. The van der Waals surface area contributed by atoms with Gasteiger partial charge >= 0.3 is 0 Å². The second-order valence-corrected chi connectivity index (χ2v) is 6.21. The van der Waals surface area contributed by atoms with Crippen molar-refractivity contribution in [3.8, 4) is 10.8 Å². The average molecular weight is 320 g/mol. The molecule has 0 aliphatic heterocycles. The summed E-state index contributed by atoms with van der Waals surface area (Å²) in [4.78, 5) is 18.0. The lowest BCUT2D eigenvalue weighted by Crippen LogP contribution is -2.22. The highest BCUT2D eigenvalue weighted by molar-refractivity contribution is 7.15. The van der Waals surface area contributed by atoms with Crippen molar-refractivity contribution in [3.05, 3.63) is 39.5 Å². The van der Waals surface area contributed by atoms with Crippen LogP contribution in [0, 0.1) is 13.8 Å². The van der Waals surface area contributed by atoms with Gasteiger partial charge in [-0.3, -0.25) is 4.79 Å². The summed E-state index contributed by atoms with van der Waals surface area (Å²) in [5, 5.41) is 7.52. The first kappa shape index (κ1) is 13.9. The van der Waals surface area contributed by atoms with Crippen molar-refractivity contribution in [1.29, 1.82) is 0 Å². The molecule has 3 heterocycles. The maximum atomic E-state index is 12.0. The van der Waals surface area contributed by atoms with E-state index in [4.69, 9.17) is 4.42 Å². The molecule has 108 valence electrons. The third-order valence-electron chi connectivity index (χ3n) is 2.89. The van der Waals surface area contributed by atoms with Crippen LogP contribution in [0.3, 0.4) is 0 Å². The first-order valence-electron chi connectivity index (χ1n) is 6.22. The lowest BCUT2D eigenvalue weighted by Gasteiger charge is -2.01. The number of thiazole rings is 1. The number of aromatic nitrogens is 3. The van der Waals surface area contributed by atoms with Gasteiger partial charge in [-0.1, -0.05) is 4.49 Å². The van der Waals surface area contributed by atoms with Crippen LogP contribution >= 0.6 is 22.9 Å². The van der Waals surface area contributed by atoms with Crippen molar-refractivity contribution in [1.82, 2.24) is 19.9 Å². The number of aryl methyl sites for hydroxylation is 2. The Kier molecular flexibility index (Phi) is 3.80. The van der Waals surface area contributed by atoms with E-state index in [9.17, 15) is 4.79 Å². The van der Waals surface area contributed by atoms with Crippen LogP contribution < -0.4 is 5.32 Å². The van der Waals surface area contributed by atoms with Gasteiger partial charge in [0.05, 0.1) is 24.2 Å². The van der Waals surface area contributed by atoms with Crippen molar-refractivity contribution < 1.29 is 9.21 Å². The number of furan rings is 1. The normalized spacial score (nSPS) is 10.8. The standard InChI is InChI=1S/C13H12N4O2S2/c1-7-10(20-13(15-7)9-4-3-5-19-9)6-14-12(18)11-8(2)16-17-21-11/h3-5H,6H2,1-2H3,(H,14,18). The maximum absolute atomic E-state index is 12.0. The molecule has 0 unspecified atom stereocenters. The van der Waals surface area contributed by atoms with Crippen LogP contribution in [-0.2, 0) is 6.54 Å².